The summed E-state index contributed by atoms with van der Waals surface area (Å²) in [6, 6.07) is 0.177. The number of nitrogens with two attached hydrogens (primary N) is 1. The zero-order chi connectivity index (χ0) is 16.9. The molecule has 2 fully saturated rings. The first-order chi connectivity index (χ1) is 11.5. The zero-order valence-corrected chi connectivity index (χ0v) is 15.3. The molecule has 0 radical (unpaired) electrons. The van der Waals surface area contributed by atoms with E-state index in [1.165, 1.54) is 0 Å². The summed E-state index contributed by atoms with van der Waals surface area (Å²) in [7, 11) is 0. The van der Waals surface area contributed by atoms with Gasteiger partial charge in [-0.3, -0.25) is 4.79 Å². The second kappa shape index (κ2) is 5.74. The largest absolute Gasteiger partial charge is 0.368 e. The van der Waals surface area contributed by atoms with Crippen LogP contribution in [0.5, 0.6) is 0 Å². The van der Waals surface area contributed by atoms with Crippen molar-refractivity contribution >= 4 is 44.2 Å². The van der Waals surface area contributed by atoms with E-state index in [9.17, 15) is 4.79 Å². The van der Waals surface area contributed by atoms with Gasteiger partial charge in [0.25, 0.3) is 0 Å². The van der Waals surface area contributed by atoms with E-state index in [-0.39, 0.29) is 17.4 Å². The van der Waals surface area contributed by atoms with Gasteiger partial charge in [-0.2, -0.15) is 0 Å². The first kappa shape index (κ1) is 15.9. The predicted molar refractivity (Wildman–Crippen MR) is 99.2 cm³/mol. The number of rotatable bonds is 3. The van der Waals surface area contributed by atoms with Gasteiger partial charge in [0.1, 0.15) is 5.65 Å². The number of carbonyl (C=O) groups is 1. The zero-order valence-electron chi connectivity index (χ0n) is 13.7. The van der Waals surface area contributed by atoms with Crippen molar-refractivity contribution in [1.29, 1.82) is 0 Å². The van der Waals surface area contributed by atoms with E-state index >= 15 is 0 Å². The van der Waals surface area contributed by atoms with Crippen molar-refractivity contribution in [3.05, 3.63) is 16.9 Å². The average molecular weight is 392 g/mol. The minimum atomic E-state index is -0.212. The molecule has 24 heavy (non-hydrogen) atoms. The summed E-state index contributed by atoms with van der Waals surface area (Å²) in [6.07, 6.45) is 7.68. The molecule has 1 atom stereocenters. The number of pyridine rings is 1. The molecule has 2 aromatic rings. The standard InChI is InChI=1S/C17H22BrN5O/c1-17(4-5-17)16(24)22-12-8-21-15-13(12)14(11(18)7-20-15)23-6-2-3-10(19)9-23/h7-8,10H,2-6,9,19H2,1H3,(H,20,21)(H,22,24). The topological polar surface area (TPSA) is 87.0 Å². The number of hydrogen-bond acceptors (Lipinski definition) is 4. The van der Waals surface area contributed by atoms with Crippen molar-refractivity contribution in [1.82, 2.24) is 9.97 Å². The molecule has 4 rings (SSSR count). The van der Waals surface area contributed by atoms with Crippen LogP contribution in [0.4, 0.5) is 11.4 Å². The lowest BCUT2D eigenvalue weighted by Gasteiger charge is -2.33. The highest BCUT2D eigenvalue weighted by atomic mass is 79.9. The fourth-order valence-electron chi connectivity index (χ4n) is 3.36. The lowest BCUT2D eigenvalue weighted by atomic mass is 10.1. The maximum Gasteiger partial charge on any atom is 0.230 e. The Kier molecular flexibility index (Phi) is 3.80. The number of hydrogen-bond donors (Lipinski definition) is 3. The molecule has 1 aliphatic carbocycles. The maximum atomic E-state index is 12.5. The number of nitrogens with one attached hydrogen (secondary N) is 2. The molecule has 3 heterocycles. The van der Waals surface area contributed by atoms with Gasteiger partial charge in [-0.25, -0.2) is 4.98 Å². The molecule has 1 saturated carbocycles. The van der Waals surface area contributed by atoms with Crippen molar-refractivity contribution in [2.75, 3.05) is 23.3 Å². The van der Waals surface area contributed by atoms with Crippen molar-refractivity contribution in [2.24, 2.45) is 11.1 Å². The third-order valence-corrected chi connectivity index (χ3v) is 5.78. The number of aromatic amines is 1. The van der Waals surface area contributed by atoms with Gasteiger partial charge in [0.2, 0.25) is 5.91 Å². The van der Waals surface area contributed by atoms with E-state index in [0.717, 1.165) is 65.7 Å². The van der Waals surface area contributed by atoms with Crippen LogP contribution >= 0.6 is 15.9 Å². The minimum Gasteiger partial charge on any atom is -0.368 e. The second-order valence-corrected chi connectivity index (χ2v) is 8.10. The van der Waals surface area contributed by atoms with E-state index < -0.39 is 0 Å². The SMILES string of the molecule is CC1(C(=O)Nc2c[nH]c3ncc(Br)c(N4CCCC(N)C4)c23)CC1. The molecule has 7 heteroatoms. The Balaban J connectivity index is 1.75. The van der Waals surface area contributed by atoms with Crippen LogP contribution in [0.2, 0.25) is 0 Å². The van der Waals surface area contributed by atoms with Gasteiger partial charge in [-0.1, -0.05) is 6.92 Å². The van der Waals surface area contributed by atoms with Gasteiger partial charge in [-0.15, -0.1) is 0 Å². The first-order valence-electron chi connectivity index (χ1n) is 8.45. The molecule has 2 aromatic heterocycles. The number of amides is 1. The number of halogens is 1. The normalized spacial score (nSPS) is 22.6. The molecule has 128 valence electrons. The Morgan fingerprint density at radius 2 is 2.33 bits per heavy atom. The van der Waals surface area contributed by atoms with E-state index in [2.05, 4.69) is 36.1 Å². The summed E-state index contributed by atoms with van der Waals surface area (Å²) < 4.78 is 0.928. The number of anilines is 2. The Labute approximate surface area is 149 Å². The minimum absolute atomic E-state index is 0.0877. The van der Waals surface area contributed by atoms with Gasteiger partial charge >= 0.3 is 0 Å². The number of piperidine rings is 1. The molecule has 4 N–H and O–H groups in total. The smallest absolute Gasteiger partial charge is 0.230 e. The summed E-state index contributed by atoms with van der Waals surface area (Å²) >= 11 is 3.64. The van der Waals surface area contributed by atoms with Crippen LogP contribution in [-0.4, -0.2) is 35.0 Å². The van der Waals surface area contributed by atoms with E-state index in [0.29, 0.717) is 0 Å². The second-order valence-electron chi connectivity index (χ2n) is 7.24. The number of H-pyrrole nitrogens is 1. The van der Waals surface area contributed by atoms with E-state index in [4.69, 9.17) is 5.73 Å². The van der Waals surface area contributed by atoms with Crippen LogP contribution in [-0.2, 0) is 4.79 Å². The molecular formula is C17H22BrN5O. The molecule has 2 aliphatic rings. The molecule has 1 amide bonds. The molecule has 6 nitrogen and oxygen atoms in total. The Hall–Kier alpha value is -1.60. The lowest BCUT2D eigenvalue weighted by Crippen LogP contribution is -2.43. The number of carbonyl (C=O) groups excluding carboxylic acids is 1. The van der Waals surface area contributed by atoms with Gasteiger partial charge in [0, 0.05) is 36.9 Å². The molecule has 1 aliphatic heterocycles. The summed E-state index contributed by atoms with van der Waals surface area (Å²) in [5.74, 6) is 0.0877. The Morgan fingerprint density at radius 1 is 1.54 bits per heavy atom. The van der Waals surface area contributed by atoms with Crippen molar-refractivity contribution in [2.45, 2.75) is 38.6 Å². The van der Waals surface area contributed by atoms with Crippen molar-refractivity contribution < 1.29 is 4.79 Å². The van der Waals surface area contributed by atoms with Gasteiger partial charge < -0.3 is 20.9 Å². The van der Waals surface area contributed by atoms with Gasteiger partial charge in [0.05, 0.1) is 21.2 Å². The fraction of sp³-hybridized carbons (Fsp3) is 0.529. The highest BCUT2D eigenvalue weighted by Gasteiger charge is 2.45. The molecule has 0 bridgehead atoms. The quantitative estimate of drug-likeness (QED) is 0.750. The molecule has 1 unspecified atom stereocenters. The van der Waals surface area contributed by atoms with Crippen LogP contribution in [0.25, 0.3) is 11.0 Å². The molecular weight excluding hydrogens is 370 g/mol. The summed E-state index contributed by atoms with van der Waals surface area (Å²) in [5.41, 5.74) is 8.60. The fourth-order valence-corrected chi connectivity index (χ4v) is 3.92. The third kappa shape index (κ3) is 2.69. The first-order valence-corrected chi connectivity index (χ1v) is 9.25. The highest BCUT2D eigenvalue weighted by Crippen LogP contribution is 2.46. The van der Waals surface area contributed by atoms with Crippen LogP contribution in [0.3, 0.4) is 0 Å². The Morgan fingerprint density at radius 3 is 3.04 bits per heavy atom. The van der Waals surface area contributed by atoms with Crippen LogP contribution in [0.1, 0.15) is 32.6 Å². The highest BCUT2D eigenvalue weighted by molar-refractivity contribution is 9.10. The third-order valence-electron chi connectivity index (χ3n) is 5.20. The molecule has 0 spiro atoms. The average Bonchev–Trinajstić information content (AvgIpc) is 3.19. The van der Waals surface area contributed by atoms with E-state index in [1.807, 2.05) is 19.3 Å². The molecule has 0 aromatic carbocycles. The van der Waals surface area contributed by atoms with Gasteiger partial charge in [0.15, 0.2) is 0 Å². The summed E-state index contributed by atoms with van der Waals surface area (Å²) in [5, 5.41) is 4.05. The number of aromatic nitrogens is 2. The van der Waals surface area contributed by atoms with Crippen molar-refractivity contribution in [3.8, 4) is 0 Å². The molecule has 1 saturated heterocycles. The Bertz CT molecular complexity index is 798. The van der Waals surface area contributed by atoms with Crippen LogP contribution in [0.15, 0.2) is 16.9 Å². The van der Waals surface area contributed by atoms with Crippen LogP contribution < -0.4 is 16.0 Å². The number of fused-ring (bicyclic) bond motifs is 1. The maximum absolute atomic E-state index is 12.5. The monoisotopic (exact) mass is 391 g/mol. The predicted octanol–water partition coefficient (Wildman–Crippen LogP) is 2.99. The van der Waals surface area contributed by atoms with Crippen molar-refractivity contribution in [3.63, 3.8) is 0 Å². The lowest BCUT2D eigenvalue weighted by molar-refractivity contribution is -0.120. The summed E-state index contributed by atoms with van der Waals surface area (Å²) in [6.45, 7) is 3.78. The number of nitrogens with zero attached hydrogens (tertiary/aromatic N) is 2. The summed E-state index contributed by atoms with van der Waals surface area (Å²) in [4.78, 5) is 22.4. The van der Waals surface area contributed by atoms with Crippen LogP contribution in [0, 0.1) is 5.41 Å². The van der Waals surface area contributed by atoms with E-state index in [1.54, 1.807) is 0 Å². The van der Waals surface area contributed by atoms with Gasteiger partial charge in [-0.05, 0) is 41.6 Å².